The second-order valence-electron chi connectivity index (χ2n) is 3.42. The molecule has 0 aliphatic carbocycles. The van der Waals surface area contributed by atoms with E-state index in [4.69, 9.17) is 4.74 Å². The van der Waals surface area contributed by atoms with E-state index in [0.29, 0.717) is 12.3 Å². The summed E-state index contributed by atoms with van der Waals surface area (Å²) in [5.74, 6) is 0. The number of nitro groups is 1. The van der Waals surface area contributed by atoms with Crippen molar-refractivity contribution in [1.82, 2.24) is 0 Å². The number of halogens is 1. The number of nitrogens with one attached hydrogen (secondary N) is 1. The van der Waals surface area contributed by atoms with Crippen molar-refractivity contribution >= 4 is 34.0 Å². The molecule has 0 heterocycles. The molecular formula is C10H13IN2O3. The summed E-state index contributed by atoms with van der Waals surface area (Å²) < 4.78 is 5.81. The first-order chi connectivity index (χ1) is 7.54. The molecule has 1 aromatic rings. The summed E-state index contributed by atoms with van der Waals surface area (Å²) in [6.45, 7) is 2.41. The summed E-state index contributed by atoms with van der Waals surface area (Å²) in [6.07, 6.45) is 0. The van der Waals surface area contributed by atoms with Gasteiger partial charge in [-0.1, -0.05) is 0 Å². The standard InChI is InChI=1S/C10H13IN2O3/c1-7(6-16-2)12-9-4-3-8(11)5-10(9)13(14)15/h3-5,7,12H,6H2,1-2H3. The maximum atomic E-state index is 10.8. The lowest BCUT2D eigenvalue weighted by Gasteiger charge is -2.14. The van der Waals surface area contributed by atoms with Crippen LogP contribution in [0.2, 0.25) is 0 Å². The smallest absolute Gasteiger partial charge is 0.293 e. The minimum atomic E-state index is -0.385. The van der Waals surface area contributed by atoms with Gasteiger partial charge in [-0.15, -0.1) is 0 Å². The fourth-order valence-corrected chi connectivity index (χ4v) is 1.81. The number of anilines is 1. The van der Waals surface area contributed by atoms with Gasteiger partial charge >= 0.3 is 0 Å². The van der Waals surface area contributed by atoms with Gasteiger partial charge in [0.15, 0.2) is 0 Å². The van der Waals surface area contributed by atoms with Gasteiger partial charge in [-0.25, -0.2) is 0 Å². The maximum absolute atomic E-state index is 10.8. The molecule has 1 atom stereocenters. The number of ether oxygens (including phenoxy) is 1. The van der Waals surface area contributed by atoms with Crippen molar-refractivity contribution < 1.29 is 9.66 Å². The Bertz CT molecular complexity index is 384. The van der Waals surface area contributed by atoms with Crippen molar-refractivity contribution in [3.8, 4) is 0 Å². The summed E-state index contributed by atoms with van der Waals surface area (Å²) >= 11 is 2.05. The summed E-state index contributed by atoms with van der Waals surface area (Å²) in [5, 5.41) is 13.9. The molecule has 1 aromatic carbocycles. The largest absolute Gasteiger partial charge is 0.383 e. The van der Waals surface area contributed by atoms with Gasteiger partial charge in [0.2, 0.25) is 0 Å². The van der Waals surface area contributed by atoms with Crippen LogP contribution in [0.15, 0.2) is 18.2 Å². The summed E-state index contributed by atoms with van der Waals surface area (Å²) in [7, 11) is 1.60. The number of nitrogens with zero attached hydrogens (tertiary/aromatic N) is 1. The highest BCUT2D eigenvalue weighted by Gasteiger charge is 2.15. The minimum Gasteiger partial charge on any atom is -0.383 e. The van der Waals surface area contributed by atoms with E-state index in [1.54, 1.807) is 19.2 Å². The third-order valence-corrected chi connectivity index (χ3v) is 2.65. The number of methoxy groups -OCH3 is 1. The second kappa shape index (κ2) is 6.00. The topological polar surface area (TPSA) is 64.4 Å². The normalized spacial score (nSPS) is 12.2. The number of hydrogen-bond donors (Lipinski definition) is 1. The van der Waals surface area contributed by atoms with Crippen LogP contribution in [0.3, 0.4) is 0 Å². The Labute approximate surface area is 107 Å². The molecule has 6 heteroatoms. The predicted octanol–water partition coefficient (Wildman–Crippen LogP) is 2.65. The van der Waals surface area contributed by atoms with E-state index < -0.39 is 0 Å². The maximum Gasteiger partial charge on any atom is 0.293 e. The zero-order valence-electron chi connectivity index (χ0n) is 9.07. The Balaban J connectivity index is 2.90. The van der Waals surface area contributed by atoms with Gasteiger partial charge in [0.05, 0.1) is 11.5 Å². The van der Waals surface area contributed by atoms with Crippen LogP contribution in [-0.2, 0) is 4.74 Å². The third-order valence-electron chi connectivity index (χ3n) is 1.98. The molecular weight excluding hydrogens is 323 g/mol. The van der Waals surface area contributed by atoms with Crippen molar-refractivity contribution in [3.63, 3.8) is 0 Å². The fourth-order valence-electron chi connectivity index (χ4n) is 1.34. The molecule has 0 aliphatic rings. The molecule has 1 N–H and O–H groups in total. The first-order valence-corrected chi connectivity index (χ1v) is 5.82. The highest BCUT2D eigenvalue weighted by atomic mass is 127. The van der Waals surface area contributed by atoms with E-state index in [1.165, 1.54) is 0 Å². The van der Waals surface area contributed by atoms with Crippen molar-refractivity contribution in [3.05, 3.63) is 31.9 Å². The second-order valence-corrected chi connectivity index (χ2v) is 4.66. The van der Waals surface area contributed by atoms with Crippen molar-refractivity contribution in [1.29, 1.82) is 0 Å². The van der Waals surface area contributed by atoms with Gasteiger partial charge < -0.3 is 10.1 Å². The molecule has 0 aromatic heterocycles. The van der Waals surface area contributed by atoms with Gasteiger partial charge in [0.25, 0.3) is 5.69 Å². The highest BCUT2D eigenvalue weighted by Crippen LogP contribution is 2.26. The van der Waals surface area contributed by atoms with Crippen LogP contribution in [-0.4, -0.2) is 24.7 Å². The lowest BCUT2D eigenvalue weighted by Crippen LogP contribution is -2.21. The minimum absolute atomic E-state index is 0.0313. The van der Waals surface area contributed by atoms with Gasteiger partial charge in [-0.3, -0.25) is 10.1 Å². The lowest BCUT2D eigenvalue weighted by molar-refractivity contribution is -0.384. The van der Waals surface area contributed by atoms with Crippen LogP contribution in [0.25, 0.3) is 0 Å². The average molecular weight is 336 g/mol. The molecule has 1 rings (SSSR count). The van der Waals surface area contributed by atoms with Crippen LogP contribution < -0.4 is 5.32 Å². The fraction of sp³-hybridized carbons (Fsp3) is 0.400. The molecule has 0 saturated heterocycles. The van der Waals surface area contributed by atoms with E-state index >= 15 is 0 Å². The summed E-state index contributed by atoms with van der Waals surface area (Å²) in [4.78, 5) is 10.5. The number of rotatable bonds is 5. The Hall–Kier alpha value is -0.890. The Morgan fingerprint density at radius 3 is 2.88 bits per heavy atom. The quantitative estimate of drug-likeness (QED) is 0.510. The predicted molar refractivity (Wildman–Crippen MR) is 70.8 cm³/mol. The number of hydrogen-bond acceptors (Lipinski definition) is 4. The van der Waals surface area contributed by atoms with E-state index in [2.05, 4.69) is 5.32 Å². The zero-order valence-corrected chi connectivity index (χ0v) is 11.2. The first-order valence-electron chi connectivity index (χ1n) is 4.74. The van der Waals surface area contributed by atoms with Crippen molar-refractivity contribution in [2.24, 2.45) is 0 Å². The van der Waals surface area contributed by atoms with E-state index in [9.17, 15) is 10.1 Å². The molecule has 1 unspecified atom stereocenters. The molecule has 16 heavy (non-hydrogen) atoms. The lowest BCUT2D eigenvalue weighted by atomic mass is 10.2. The molecule has 0 fully saturated rings. The molecule has 0 bridgehead atoms. The van der Waals surface area contributed by atoms with Gasteiger partial charge in [0, 0.05) is 22.8 Å². The monoisotopic (exact) mass is 336 g/mol. The van der Waals surface area contributed by atoms with Gasteiger partial charge in [-0.05, 0) is 41.6 Å². The molecule has 0 saturated carbocycles. The van der Waals surface area contributed by atoms with E-state index in [-0.39, 0.29) is 16.7 Å². The summed E-state index contributed by atoms with van der Waals surface area (Å²) in [5.41, 5.74) is 0.616. The molecule has 0 amide bonds. The van der Waals surface area contributed by atoms with E-state index in [0.717, 1.165) is 3.57 Å². The van der Waals surface area contributed by atoms with Crippen LogP contribution in [0, 0.1) is 13.7 Å². The zero-order chi connectivity index (χ0) is 12.1. The Morgan fingerprint density at radius 2 is 2.31 bits per heavy atom. The van der Waals surface area contributed by atoms with Crippen LogP contribution in [0.5, 0.6) is 0 Å². The molecule has 0 radical (unpaired) electrons. The highest BCUT2D eigenvalue weighted by molar-refractivity contribution is 14.1. The number of benzene rings is 1. The SMILES string of the molecule is COCC(C)Nc1ccc(I)cc1[N+](=O)[O-]. The molecule has 0 aliphatic heterocycles. The van der Waals surface area contributed by atoms with Crippen LogP contribution in [0.4, 0.5) is 11.4 Å². The van der Waals surface area contributed by atoms with Crippen LogP contribution in [0.1, 0.15) is 6.92 Å². The van der Waals surface area contributed by atoms with Gasteiger partial charge in [0.1, 0.15) is 5.69 Å². The molecule has 5 nitrogen and oxygen atoms in total. The molecule has 88 valence electrons. The van der Waals surface area contributed by atoms with Crippen molar-refractivity contribution in [2.75, 3.05) is 19.0 Å². The Morgan fingerprint density at radius 1 is 1.62 bits per heavy atom. The average Bonchev–Trinajstić information content (AvgIpc) is 2.20. The third kappa shape index (κ3) is 3.60. The first kappa shape index (κ1) is 13.2. The Kier molecular flexibility index (Phi) is 4.94. The summed E-state index contributed by atoms with van der Waals surface area (Å²) in [6, 6.07) is 5.12. The number of nitro benzene ring substituents is 1. The van der Waals surface area contributed by atoms with Gasteiger partial charge in [-0.2, -0.15) is 0 Å². The van der Waals surface area contributed by atoms with Crippen LogP contribution >= 0.6 is 22.6 Å². The van der Waals surface area contributed by atoms with E-state index in [1.807, 2.05) is 35.6 Å². The van der Waals surface area contributed by atoms with Crippen molar-refractivity contribution in [2.45, 2.75) is 13.0 Å². The molecule has 0 spiro atoms.